The molecule has 16 N–H and O–H groups in total. The number of nitrogen functional groups attached to an aromatic ring is 2. The van der Waals surface area contributed by atoms with E-state index in [1.165, 1.54) is 12.1 Å². The van der Waals surface area contributed by atoms with Crippen molar-refractivity contribution in [1.29, 1.82) is 0 Å². The molecule has 0 radical (unpaired) electrons. The van der Waals surface area contributed by atoms with Crippen LogP contribution in [-0.4, -0.2) is 127 Å². The van der Waals surface area contributed by atoms with E-state index in [-0.39, 0.29) is 113 Å². The lowest BCUT2D eigenvalue weighted by Crippen LogP contribution is -2.09. The van der Waals surface area contributed by atoms with Gasteiger partial charge < -0.3 is 101 Å². The van der Waals surface area contributed by atoms with Gasteiger partial charge in [-0.25, -0.2) is 0 Å². The second-order valence-electron chi connectivity index (χ2n) is 31.3. The summed E-state index contributed by atoms with van der Waals surface area (Å²) >= 11 is 17.2. The number of anilines is 2. The molecule has 0 bridgehead atoms. The molecule has 0 atom stereocenters. The summed E-state index contributed by atoms with van der Waals surface area (Å²) in [5, 5.41) is 78.7. The lowest BCUT2D eigenvalue weighted by Gasteiger charge is -2.08. The van der Waals surface area contributed by atoms with Crippen molar-refractivity contribution in [2.75, 3.05) is 51.1 Å². The highest BCUT2D eigenvalue weighted by atomic mass is 127. The van der Waals surface area contributed by atoms with Crippen molar-refractivity contribution in [1.82, 2.24) is 0 Å². The van der Waals surface area contributed by atoms with E-state index in [4.69, 9.17) is 70.5 Å². The number of phenolic OH excluding ortho intramolecular Hbond substituents is 4. The number of hydrogen-bond donors (Lipinski definition) is 12. The number of furan rings is 4. The van der Waals surface area contributed by atoms with Gasteiger partial charge in [0, 0.05) is 147 Å². The van der Waals surface area contributed by atoms with E-state index in [2.05, 4.69) is 63.7 Å². The van der Waals surface area contributed by atoms with Crippen LogP contribution in [0.5, 0.6) is 34.5 Å². The van der Waals surface area contributed by atoms with Crippen LogP contribution in [0.2, 0.25) is 0 Å². The fourth-order valence-corrected chi connectivity index (χ4v) is 18.7. The number of Topliss-reactive ketones (excluding diaryl/α,β-unsaturated/α-hetero) is 2. The first kappa shape index (κ1) is 104. The number of aliphatic hydroxyl groups excluding tert-OH is 4. The summed E-state index contributed by atoms with van der Waals surface area (Å²) in [6.07, 6.45) is 17.1. The van der Waals surface area contributed by atoms with E-state index in [1.54, 1.807) is 86.6 Å². The molecule has 2 amide bonds. The summed E-state index contributed by atoms with van der Waals surface area (Å²) in [4.78, 5) is 98.5. The van der Waals surface area contributed by atoms with Gasteiger partial charge in [0.2, 0.25) is 11.8 Å². The number of amides is 2. The van der Waals surface area contributed by atoms with Crippen molar-refractivity contribution >= 4 is 211 Å². The molecule has 0 spiro atoms. The van der Waals surface area contributed by atoms with Crippen LogP contribution in [0.25, 0.3) is 43.9 Å². The zero-order chi connectivity index (χ0) is 94.4. The monoisotopic (exact) mass is 2260 g/mol. The van der Waals surface area contributed by atoms with Crippen molar-refractivity contribution in [3.05, 3.63) is 225 Å². The molecule has 130 heavy (non-hydrogen) atoms. The number of ketones is 6. The van der Waals surface area contributed by atoms with Gasteiger partial charge in [-0.15, -0.1) is 0 Å². The quantitative estimate of drug-likeness (QED) is 0.00554. The van der Waals surface area contributed by atoms with Crippen LogP contribution >= 0.6 is 109 Å². The van der Waals surface area contributed by atoms with Gasteiger partial charge in [0.05, 0.1) is 71.9 Å². The number of nitrogens with two attached hydrogens (primary N) is 4. The number of carbonyl (C=O) groups excluding carboxylic acids is 8. The van der Waals surface area contributed by atoms with E-state index < -0.39 is 0 Å². The van der Waals surface area contributed by atoms with Gasteiger partial charge in [-0.05, 0) is 309 Å². The summed E-state index contributed by atoms with van der Waals surface area (Å²) < 4.78 is 38.6. The molecule has 12 rings (SSSR count). The largest absolute Gasteiger partial charge is 0.506 e. The first-order valence-electron chi connectivity index (χ1n) is 42.8. The summed E-state index contributed by atoms with van der Waals surface area (Å²) in [5.74, 6) is 2.22. The Hall–Kier alpha value is -9.50. The molecule has 0 unspecified atom stereocenters. The Kier molecular flexibility index (Phi) is 41.3. The molecule has 0 fully saturated rings. The summed E-state index contributed by atoms with van der Waals surface area (Å²) in [7, 11) is 0. The normalized spacial score (nSPS) is 11.2. The van der Waals surface area contributed by atoms with Crippen LogP contribution < -0.4 is 32.4 Å². The second-order valence-corrected chi connectivity index (χ2v) is 37.1. The van der Waals surface area contributed by atoms with Gasteiger partial charge in [-0.1, -0.05) is 37.1 Å². The van der Waals surface area contributed by atoms with Crippen molar-refractivity contribution in [2.24, 2.45) is 11.5 Å². The van der Waals surface area contributed by atoms with Crippen molar-refractivity contribution in [3.63, 3.8) is 0 Å². The summed E-state index contributed by atoms with van der Waals surface area (Å²) in [6, 6.07) is 34.8. The van der Waals surface area contributed by atoms with Gasteiger partial charge in [0.15, 0.2) is 28.9 Å². The third-order valence-corrected chi connectivity index (χ3v) is 25.3. The van der Waals surface area contributed by atoms with Gasteiger partial charge in [-0.3, -0.25) is 28.8 Å². The first-order valence-corrected chi connectivity index (χ1v) is 48.1. The Labute approximate surface area is 812 Å². The molecule has 0 aliphatic heterocycles. The molecule has 0 aliphatic carbocycles. The number of phenols is 4. The van der Waals surface area contributed by atoms with E-state index >= 15 is 0 Å². The highest BCUT2D eigenvalue weighted by Crippen LogP contribution is 2.42. The second kappa shape index (κ2) is 51.5. The number of benzene rings is 8. The highest BCUT2D eigenvalue weighted by molar-refractivity contribution is 14.1. The van der Waals surface area contributed by atoms with E-state index in [0.717, 1.165) is 86.1 Å². The van der Waals surface area contributed by atoms with Crippen molar-refractivity contribution < 1.29 is 106 Å². The predicted molar refractivity (Wildman–Crippen MR) is 530 cm³/mol. The zero-order valence-electron chi connectivity index (χ0n) is 72.0. The van der Waals surface area contributed by atoms with Gasteiger partial charge in [0.25, 0.3) is 0 Å². The Morgan fingerprint density at radius 2 is 0.615 bits per heavy atom. The molecule has 4 aromatic heterocycles. The SMILES string of the molecule is CC(=O)CCCCc1oc2cc(OCCCO)ccc2c1C(=O)c1cc(Br)c(O)c(Br)c1.CC(=O)CCCCc1oc2cc(OCCCO)ccc2c1C(=O)c1cc(N)c(O)c(N)c1.NC(=O)CCCCCc1oc2cc(CCCCO)ccc2c1C(=O)c1cc(Br)c(O)c(Br)c1.NC(=O)CCCCCc1oc2cc(CCCCO)ccc2c1C(=O)c1cc(I)c(O)c(I)c1. The molecule has 26 nitrogen and oxygen atoms in total. The highest BCUT2D eigenvalue weighted by Gasteiger charge is 2.30. The molecular weight excluding hydrogens is 2160 g/mol. The number of aryl methyl sites for hydroxylation is 6. The number of halogens is 6. The molecule has 692 valence electrons. The van der Waals surface area contributed by atoms with Gasteiger partial charge >= 0.3 is 0 Å². The number of aliphatic hydroxyl groups is 4. The molecule has 12 aromatic rings. The number of rotatable bonds is 46. The van der Waals surface area contributed by atoms with E-state index in [1.807, 2.05) is 81.6 Å². The Balaban J connectivity index is 0.000000195. The summed E-state index contributed by atoms with van der Waals surface area (Å²) in [6.45, 7) is 4.27. The molecule has 0 saturated carbocycles. The molecule has 32 heteroatoms. The maximum Gasteiger partial charge on any atom is 0.217 e. The third kappa shape index (κ3) is 29.3. The number of ether oxygens (including phenoxy) is 2. The van der Waals surface area contributed by atoms with Crippen LogP contribution in [0.3, 0.4) is 0 Å². The molecular formula is C98H106Br4I2N4O22. The van der Waals surface area contributed by atoms with E-state index in [9.17, 15) is 58.8 Å². The third-order valence-electron chi connectivity index (χ3n) is 21.2. The lowest BCUT2D eigenvalue weighted by atomic mass is 9.97. The lowest BCUT2D eigenvalue weighted by molar-refractivity contribution is -0.119. The molecule has 8 aromatic carbocycles. The average Bonchev–Trinajstić information content (AvgIpc) is 1.64. The number of carbonyl (C=O) groups is 8. The standard InChI is InChI=1S/C25H27Br2NO5.C25H27I2NO5.C24H24Br2O6.C24H28N2O6/c2*26-18-13-16(14-19(27)25(18)32)24(31)23-17-10-9-15(6-4-5-11-29)12-21(17)33-20(23)7-2-1-3-8-22(28)30;2*1-14(28)5-2-3-6-20-22(23(29)15-11-18(25)24(30)19(26)12-15)17-8-7-16(13-21(17)32-20)31-10-4-9-27/h2*9-10,12-14,29,32H,1-8,11H2,(H2,28,30);7-8,11-13,27,30H,2-6,9-10H2,1H3;7-8,11-13,27,30H,2-6,9-10,25-26H2,1H3. The maximum atomic E-state index is 13.6. The van der Waals surface area contributed by atoms with Crippen molar-refractivity contribution in [3.8, 4) is 34.5 Å². The fourth-order valence-electron chi connectivity index (χ4n) is 14.5. The van der Waals surface area contributed by atoms with Crippen LogP contribution in [0.4, 0.5) is 11.4 Å². The van der Waals surface area contributed by atoms with Crippen LogP contribution in [0, 0.1) is 7.14 Å². The van der Waals surface area contributed by atoms with Crippen molar-refractivity contribution in [2.45, 2.75) is 181 Å². The number of hydrogen-bond acceptors (Lipinski definition) is 24. The summed E-state index contributed by atoms with van der Waals surface area (Å²) in [5.41, 5.74) is 30.1. The minimum absolute atomic E-state index is 0.0173. The van der Waals surface area contributed by atoms with Crippen LogP contribution in [0.1, 0.15) is 240 Å². The zero-order valence-corrected chi connectivity index (χ0v) is 82.7. The fraction of sp³-hybridized carbons (Fsp3) is 0.347. The van der Waals surface area contributed by atoms with Gasteiger partial charge in [-0.2, -0.15) is 0 Å². The minimum Gasteiger partial charge on any atom is -0.506 e. The number of aromatic hydroxyl groups is 4. The minimum atomic E-state index is -0.322. The van der Waals surface area contributed by atoms with Crippen LogP contribution in [0.15, 0.2) is 157 Å². The number of fused-ring (bicyclic) bond motifs is 4. The smallest absolute Gasteiger partial charge is 0.217 e. The molecule has 0 aliphatic rings. The molecule has 0 saturated heterocycles. The maximum absolute atomic E-state index is 13.6. The Morgan fingerprint density at radius 1 is 0.331 bits per heavy atom. The topological polar surface area (TPSA) is 474 Å². The van der Waals surface area contributed by atoms with E-state index in [0.29, 0.717) is 248 Å². The Bertz CT molecular complexity index is 5580. The molecule has 4 heterocycles. The number of unbranched alkanes of at least 4 members (excludes halogenated alkanes) is 8. The predicted octanol–water partition coefficient (Wildman–Crippen LogP) is 20.8. The average molecular weight is 2270 g/mol. The Morgan fingerprint density at radius 3 is 0.931 bits per heavy atom. The van der Waals surface area contributed by atoms with Gasteiger partial charge in [0.1, 0.15) is 85.7 Å². The van der Waals surface area contributed by atoms with Crippen LogP contribution in [-0.2, 0) is 57.7 Å². The number of primary amides is 2. The first-order chi connectivity index (χ1) is 62.2.